The summed E-state index contributed by atoms with van der Waals surface area (Å²) in [5, 5.41) is 10.1. The van der Waals surface area contributed by atoms with Crippen LogP contribution in [0.4, 0.5) is 0 Å². The third-order valence-corrected chi connectivity index (χ3v) is 9.28. The van der Waals surface area contributed by atoms with Crippen molar-refractivity contribution in [2.75, 3.05) is 32.4 Å². The van der Waals surface area contributed by atoms with Gasteiger partial charge in [0.15, 0.2) is 0 Å². The summed E-state index contributed by atoms with van der Waals surface area (Å²) in [6, 6.07) is 0. The standard InChI is InChI=1S/C22H44N2O3S/c1-20(2,23-14-8-18(9-15-23)22(5,6)25)12-13-21(3,4)24-16-10-19(11-17-24)28(7,26)27/h18-19,25H,8-17H2,1-7H3. The third-order valence-electron chi connectivity index (χ3n) is 7.60. The van der Waals surface area contributed by atoms with E-state index < -0.39 is 15.4 Å². The Morgan fingerprint density at radius 3 is 1.46 bits per heavy atom. The second-order valence-electron chi connectivity index (χ2n) is 11.1. The van der Waals surface area contributed by atoms with Gasteiger partial charge in [0.25, 0.3) is 0 Å². The van der Waals surface area contributed by atoms with Crippen LogP contribution in [-0.2, 0) is 9.84 Å². The molecule has 0 spiro atoms. The molecule has 1 N–H and O–H groups in total. The molecule has 2 rings (SSSR count). The Kier molecular flexibility index (Phi) is 7.34. The van der Waals surface area contributed by atoms with Gasteiger partial charge in [-0.25, -0.2) is 8.42 Å². The highest BCUT2D eigenvalue weighted by molar-refractivity contribution is 7.91. The van der Waals surface area contributed by atoms with Crippen LogP contribution in [0.2, 0.25) is 0 Å². The zero-order valence-electron chi connectivity index (χ0n) is 19.3. The van der Waals surface area contributed by atoms with Crippen LogP contribution in [0.15, 0.2) is 0 Å². The Morgan fingerprint density at radius 1 is 0.786 bits per heavy atom. The topological polar surface area (TPSA) is 60.9 Å². The van der Waals surface area contributed by atoms with Crippen LogP contribution in [0.1, 0.15) is 80.1 Å². The van der Waals surface area contributed by atoms with Gasteiger partial charge in [-0.1, -0.05) is 0 Å². The Balaban J connectivity index is 1.86. The van der Waals surface area contributed by atoms with Gasteiger partial charge in [0.05, 0.1) is 10.9 Å². The number of rotatable bonds is 7. The van der Waals surface area contributed by atoms with Crippen LogP contribution in [0.3, 0.4) is 0 Å². The van der Waals surface area contributed by atoms with Gasteiger partial charge in [-0.15, -0.1) is 0 Å². The van der Waals surface area contributed by atoms with E-state index in [0.29, 0.717) is 5.92 Å². The van der Waals surface area contributed by atoms with Crippen molar-refractivity contribution < 1.29 is 13.5 Å². The van der Waals surface area contributed by atoms with Gasteiger partial charge in [-0.05, 0) is 112 Å². The lowest BCUT2D eigenvalue weighted by molar-refractivity contribution is -0.0329. The number of hydrogen-bond acceptors (Lipinski definition) is 5. The molecule has 0 amide bonds. The summed E-state index contributed by atoms with van der Waals surface area (Å²) in [7, 11) is -2.91. The van der Waals surface area contributed by atoms with E-state index in [1.54, 1.807) is 0 Å². The fourth-order valence-corrected chi connectivity index (χ4v) is 6.08. The van der Waals surface area contributed by atoms with Gasteiger partial charge in [-0.3, -0.25) is 9.80 Å². The molecule has 0 atom stereocenters. The lowest BCUT2D eigenvalue weighted by Crippen LogP contribution is -2.53. The molecule has 2 aliphatic heterocycles. The molecule has 2 saturated heterocycles. The number of aliphatic hydroxyl groups is 1. The Bertz CT molecular complexity index is 606. The van der Waals surface area contributed by atoms with Crippen LogP contribution in [0.5, 0.6) is 0 Å². The van der Waals surface area contributed by atoms with Gasteiger partial charge < -0.3 is 5.11 Å². The molecule has 166 valence electrons. The number of sulfone groups is 1. The highest BCUT2D eigenvalue weighted by Gasteiger charge is 2.38. The highest BCUT2D eigenvalue weighted by atomic mass is 32.2. The fraction of sp³-hybridized carbons (Fsp3) is 1.00. The molecule has 0 radical (unpaired) electrons. The molecule has 2 heterocycles. The quantitative estimate of drug-likeness (QED) is 0.690. The first kappa shape index (κ1) is 24.1. The lowest BCUT2D eigenvalue weighted by atomic mass is 9.80. The molecule has 0 aliphatic carbocycles. The van der Waals surface area contributed by atoms with E-state index in [-0.39, 0.29) is 16.3 Å². The maximum absolute atomic E-state index is 11.8. The van der Waals surface area contributed by atoms with Crippen LogP contribution in [-0.4, -0.2) is 77.7 Å². The minimum Gasteiger partial charge on any atom is -0.390 e. The summed E-state index contributed by atoms with van der Waals surface area (Å²) >= 11 is 0. The van der Waals surface area contributed by atoms with Crippen LogP contribution in [0, 0.1) is 5.92 Å². The molecule has 0 aromatic heterocycles. The van der Waals surface area contributed by atoms with Gasteiger partial charge in [0.1, 0.15) is 9.84 Å². The molecule has 0 aromatic carbocycles. The van der Waals surface area contributed by atoms with Crippen molar-refractivity contribution in [1.29, 1.82) is 0 Å². The van der Waals surface area contributed by atoms with Gasteiger partial charge in [-0.2, -0.15) is 0 Å². The van der Waals surface area contributed by atoms with Crippen molar-refractivity contribution in [2.24, 2.45) is 5.92 Å². The van der Waals surface area contributed by atoms with E-state index in [0.717, 1.165) is 64.7 Å². The molecule has 0 saturated carbocycles. The zero-order chi connectivity index (χ0) is 21.4. The average molecular weight is 417 g/mol. The van der Waals surface area contributed by atoms with Crippen LogP contribution >= 0.6 is 0 Å². The number of piperidine rings is 2. The molecule has 5 nitrogen and oxygen atoms in total. The van der Waals surface area contributed by atoms with E-state index >= 15 is 0 Å². The predicted octanol–water partition coefficient (Wildman–Crippen LogP) is 3.32. The van der Waals surface area contributed by atoms with Crippen LogP contribution < -0.4 is 0 Å². The SMILES string of the molecule is CC(C)(O)C1CCN(C(C)(C)CCC(C)(C)N2CCC(S(C)(=O)=O)CC2)CC1. The van der Waals surface area contributed by atoms with E-state index in [9.17, 15) is 13.5 Å². The minimum atomic E-state index is -2.91. The van der Waals surface area contributed by atoms with Crippen molar-refractivity contribution in [3.63, 3.8) is 0 Å². The number of likely N-dealkylation sites (tertiary alicyclic amines) is 2. The molecule has 6 heteroatoms. The van der Waals surface area contributed by atoms with E-state index in [4.69, 9.17) is 0 Å². The van der Waals surface area contributed by atoms with Crippen molar-refractivity contribution in [3.05, 3.63) is 0 Å². The molecule has 0 aromatic rings. The molecule has 0 unspecified atom stereocenters. The monoisotopic (exact) mass is 416 g/mol. The third kappa shape index (κ3) is 6.16. The molecular weight excluding hydrogens is 372 g/mol. The van der Waals surface area contributed by atoms with Crippen molar-refractivity contribution in [1.82, 2.24) is 9.80 Å². The first-order valence-corrected chi connectivity index (χ1v) is 13.0. The maximum atomic E-state index is 11.8. The highest BCUT2D eigenvalue weighted by Crippen LogP contribution is 2.35. The summed E-state index contributed by atoms with van der Waals surface area (Å²) < 4.78 is 23.6. The van der Waals surface area contributed by atoms with Crippen molar-refractivity contribution in [2.45, 2.75) is 102 Å². The first-order valence-electron chi connectivity index (χ1n) is 11.0. The number of hydrogen-bond donors (Lipinski definition) is 1. The number of nitrogens with zero attached hydrogens (tertiary/aromatic N) is 2. The Labute approximate surface area is 173 Å². The summed E-state index contributed by atoms with van der Waals surface area (Å²) in [5.74, 6) is 0.395. The fourth-order valence-electron chi connectivity index (χ4n) is 5.01. The van der Waals surface area contributed by atoms with Gasteiger partial charge in [0.2, 0.25) is 0 Å². The van der Waals surface area contributed by atoms with E-state index in [1.165, 1.54) is 6.26 Å². The Hall–Kier alpha value is -0.170. The maximum Gasteiger partial charge on any atom is 0.150 e. The van der Waals surface area contributed by atoms with Gasteiger partial charge in [0, 0.05) is 17.3 Å². The summed E-state index contributed by atoms with van der Waals surface area (Å²) in [6.45, 7) is 17.1. The minimum absolute atomic E-state index is 0.0884. The van der Waals surface area contributed by atoms with Crippen molar-refractivity contribution in [3.8, 4) is 0 Å². The Morgan fingerprint density at radius 2 is 1.14 bits per heavy atom. The van der Waals surface area contributed by atoms with E-state index in [1.807, 2.05) is 13.8 Å². The second-order valence-corrected chi connectivity index (χ2v) is 13.4. The zero-order valence-corrected chi connectivity index (χ0v) is 20.1. The average Bonchev–Trinajstić information content (AvgIpc) is 2.59. The summed E-state index contributed by atoms with van der Waals surface area (Å²) in [4.78, 5) is 5.09. The van der Waals surface area contributed by atoms with Crippen LogP contribution in [0.25, 0.3) is 0 Å². The molecular formula is C22H44N2O3S. The van der Waals surface area contributed by atoms with Crippen molar-refractivity contribution >= 4 is 9.84 Å². The second kappa shape index (κ2) is 8.52. The summed E-state index contributed by atoms with van der Waals surface area (Å²) in [5.41, 5.74) is -0.339. The normalized spacial score (nSPS) is 23.3. The smallest absolute Gasteiger partial charge is 0.150 e. The summed E-state index contributed by atoms with van der Waals surface area (Å²) in [6.07, 6.45) is 7.26. The van der Waals surface area contributed by atoms with E-state index in [2.05, 4.69) is 37.5 Å². The van der Waals surface area contributed by atoms with Gasteiger partial charge >= 0.3 is 0 Å². The molecule has 2 fully saturated rings. The largest absolute Gasteiger partial charge is 0.390 e. The predicted molar refractivity (Wildman–Crippen MR) is 117 cm³/mol. The molecule has 0 bridgehead atoms. The molecule has 28 heavy (non-hydrogen) atoms. The lowest BCUT2D eigenvalue weighted by Gasteiger charge is -2.48. The first-order chi connectivity index (χ1) is 12.6. The molecule has 2 aliphatic rings.